The molecule has 0 aromatic heterocycles. The fraction of sp³-hybridized carbons (Fsp3) is 0.500. The molecule has 0 saturated carbocycles. The van der Waals surface area contributed by atoms with Gasteiger partial charge in [0.2, 0.25) is 10.0 Å². The maximum absolute atomic E-state index is 12.1. The Kier molecular flexibility index (Phi) is 6.28. The molecule has 4 nitrogen and oxygen atoms in total. The Morgan fingerprint density at radius 2 is 2.00 bits per heavy atom. The van der Waals surface area contributed by atoms with Crippen molar-refractivity contribution < 1.29 is 8.42 Å². The van der Waals surface area contributed by atoms with Crippen LogP contribution in [-0.4, -0.2) is 21.5 Å². The molecule has 0 saturated heterocycles. The van der Waals surface area contributed by atoms with E-state index in [0.29, 0.717) is 22.5 Å². The maximum Gasteiger partial charge on any atom is 0.241 e. The normalized spacial score (nSPS) is 11.7. The minimum atomic E-state index is -3.43. The first-order chi connectivity index (χ1) is 8.51. The van der Waals surface area contributed by atoms with Crippen molar-refractivity contribution >= 4 is 26.0 Å². The summed E-state index contributed by atoms with van der Waals surface area (Å²) in [4.78, 5) is 0.298. The Morgan fingerprint density at radius 1 is 1.28 bits per heavy atom. The van der Waals surface area contributed by atoms with Crippen LogP contribution < -0.4 is 10.0 Å². The lowest BCUT2D eigenvalue weighted by atomic mass is 10.2. The SMILES string of the molecule is CCCNS(=O)(=O)c1cc(CNCC)ccc1Br. The van der Waals surface area contributed by atoms with Gasteiger partial charge in [-0.15, -0.1) is 0 Å². The monoisotopic (exact) mass is 334 g/mol. The van der Waals surface area contributed by atoms with Crippen molar-refractivity contribution in [2.45, 2.75) is 31.7 Å². The highest BCUT2D eigenvalue weighted by Gasteiger charge is 2.17. The zero-order chi connectivity index (χ0) is 13.6. The molecule has 6 heteroatoms. The molecular formula is C12H19BrN2O2S. The number of nitrogens with one attached hydrogen (secondary N) is 2. The molecule has 0 amide bonds. The second-order valence-corrected chi connectivity index (χ2v) is 6.53. The second-order valence-electron chi connectivity index (χ2n) is 3.94. The summed E-state index contributed by atoms with van der Waals surface area (Å²) >= 11 is 3.29. The Balaban J connectivity index is 2.99. The third kappa shape index (κ3) is 4.35. The van der Waals surface area contributed by atoms with Crippen LogP contribution in [-0.2, 0) is 16.6 Å². The summed E-state index contributed by atoms with van der Waals surface area (Å²) in [6.07, 6.45) is 0.772. The highest BCUT2D eigenvalue weighted by Crippen LogP contribution is 2.23. The number of rotatable bonds is 7. The van der Waals surface area contributed by atoms with Gasteiger partial charge in [0, 0.05) is 17.6 Å². The molecule has 0 aliphatic carbocycles. The van der Waals surface area contributed by atoms with E-state index in [0.717, 1.165) is 18.5 Å². The first kappa shape index (κ1) is 15.6. The molecule has 1 rings (SSSR count). The predicted molar refractivity (Wildman–Crippen MR) is 77.0 cm³/mol. The average Bonchev–Trinajstić information content (AvgIpc) is 2.35. The first-order valence-corrected chi connectivity index (χ1v) is 8.27. The molecule has 0 bridgehead atoms. The smallest absolute Gasteiger partial charge is 0.241 e. The molecule has 102 valence electrons. The summed E-state index contributed by atoms with van der Waals surface area (Å²) < 4.78 is 27.3. The highest BCUT2D eigenvalue weighted by atomic mass is 79.9. The predicted octanol–water partition coefficient (Wildman–Crippen LogP) is 2.25. The van der Waals surface area contributed by atoms with Gasteiger partial charge in [-0.1, -0.05) is 19.9 Å². The second kappa shape index (κ2) is 7.23. The van der Waals surface area contributed by atoms with E-state index in [2.05, 4.69) is 26.0 Å². The topological polar surface area (TPSA) is 58.2 Å². The van der Waals surface area contributed by atoms with Crippen LogP contribution in [0.5, 0.6) is 0 Å². The molecule has 0 fully saturated rings. The molecule has 1 aromatic carbocycles. The van der Waals surface area contributed by atoms with Crippen LogP contribution in [0.3, 0.4) is 0 Å². The van der Waals surface area contributed by atoms with Crippen molar-refractivity contribution in [1.29, 1.82) is 0 Å². The summed E-state index contributed by atoms with van der Waals surface area (Å²) in [7, 11) is -3.43. The van der Waals surface area contributed by atoms with E-state index in [1.54, 1.807) is 12.1 Å². The molecule has 0 unspecified atom stereocenters. The van der Waals surface area contributed by atoms with Crippen molar-refractivity contribution in [3.8, 4) is 0 Å². The molecule has 0 atom stereocenters. The van der Waals surface area contributed by atoms with Gasteiger partial charge in [-0.05, 0) is 46.6 Å². The largest absolute Gasteiger partial charge is 0.313 e. The molecule has 2 N–H and O–H groups in total. The molecule has 18 heavy (non-hydrogen) atoms. The molecule has 0 radical (unpaired) electrons. The third-order valence-corrected chi connectivity index (χ3v) is 4.86. The zero-order valence-electron chi connectivity index (χ0n) is 10.7. The van der Waals surface area contributed by atoms with Gasteiger partial charge in [-0.25, -0.2) is 13.1 Å². The number of benzene rings is 1. The van der Waals surface area contributed by atoms with E-state index in [1.807, 2.05) is 19.9 Å². The van der Waals surface area contributed by atoms with Crippen LogP contribution in [0.15, 0.2) is 27.6 Å². The van der Waals surface area contributed by atoms with Gasteiger partial charge >= 0.3 is 0 Å². The highest BCUT2D eigenvalue weighted by molar-refractivity contribution is 9.10. The van der Waals surface area contributed by atoms with Crippen molar-refractivity contribution in [2.24, 2.45) is 0 Å². The third-order valence-electron chi connectivity index (χ3n) is 2.41. The average molecular weight is 335 g/mol. The molecule has 0 aliphatic heterocycles. The van der Waals surface area contributed by atoms with Crippen LogP contribution in [0.2, 0.25) is 0 Å². The molecule has 0 heterocycles. The first-order valence-electron chi connectivity index (χ1n) is 6.00. The van der Waals surface area contributed by atoms with Crippen LogP contribution in [0.4, 0.5) is 0 Å². The fourth-order valence-corrected chi connectivity index (χ4v) is 3.59. The molecule has 0 spiro atoms. The van der Waals surface area contributed by atoms with Crippen molar-refractivity contribution in [3.05, 3.63) is 28.2 Å². The summed E-state index contributed by atoms with van der Waals surface area (Å²) in [5.41, 5.74) is 0.955. The van der Waals surface area contributed by atoms with Crippen LogP contribution in [0, 0.1) is 0 Å². The summed E-state index contributed by atoms with van der Waals surface area (Å²) in [5, 5.41) is 3.18. The lowest BCUT2D eigenvalue weighted by Gasteiger charge is -2.10. The van der Waals surface area contributed by atoms with Gasteiger partial charge < -0.3 is 5.32 Å². The van der Waals surface area contributed by atoms with Crippen LogP contribution in [0.1, 0.15) is 25.8 Å². The standard InChI is InChI=1S/C12H19BrN2O2S/c1-3-7-15-18(16,17)12-8-10(9-14-4-2)5-6-11(12)13/h5-6,8,14-15H,3-4,7,9H2,1-2H3. The van der Waals surface area contributed by atoms with Gasteiger partial charge in [-0.3, -0.25) is 0 Å². The fourth-order valence-electron chi connectivity index (χ4n) is 1.45. The van der Waals surface area contributed by atoms with Crippen molar-refractivity contribution in [2.75, 3.05) is 13.1 Å². The zero-order valence-corrected chi connectivity index (χ0v) is 13.1. The van der Waals surface area contributed by atoms with Gasteiger partial charge in [-0.2, -0.15) is 0 Å². The summed E-state index contributed by atoms with van der Waals surface area (Å²) in [6, 6.07) is 5.38. The van der Waals surface area contributed by atoms with E-state index in [-0.39, 0.29) is 0 Å². The lowest BCUT2D eigenvalue weighted by Crippen LogP contribution is -2.25. The summed E-state index contributed by atoms with van der Waals surface area (Å²) in [6.45, 7) is 5.91. The Hall–Kier alpha value is -0.430. The van der Waals surface area contributed by atoms with Gasteiger partial charge in [0.25, 0.3) is 0 Å². The lowest BCUT2D eigenvalue weighted by molar-refractivity contribution is 0.580. The van der Waals surface area contributed by atoms with Crippen LogP contribution in [0.25, 0.3) is 0 Å². The number of hydrogen-bond acceptors (Lipinski definition) is 3. The van der Waals surface area contributed by atoms with Gasteiger partial charge in [0.1, 0.15) is 0 Å². The minimum absolute atomic E-state index is 0.298. The minimum Gasteiger partial charge on any atom is -0.313 e. The number of hydrogen-bond donors (Lipinski definition) is 2. The van der Waals surface area contributed by atoms with E-state index >= 15 is 0 Å². The van der Waals surface area contributed by atoms with Crippen molar-refractivity contribution in [1.82, 2.24) is 10.0 Å². The molecule has 0 aliphatic rings. The maximum atomic E-state index is 12.1. The number of sulfonamides is 1. The number of halogens is 1. The Bertz CT molecular complexity index is 489. The van der Waals surface area contributed by atoms with Gasteiger partial charge in [0.15, 0.2) is 0 Å². The van der Waals surface area contributed by atoms with Crippen molar-refractivity contribution in [3.63, 3.8) is 0 Å². The van der Waals surface area contributed by atoms with E-state index in [9.17, 15) is 8.42 Å². The summed E-state index contributed by atoms with van der Waals surface area (Å²) in [5.74, 6) is 0. The Labute approximate surface area is 117 Å². The van der Waals surface area contributed by atoms with E-state index in [1.165, 1.54) is 0 Å². The molecular weight excluding hydrogens is 316 g/mol. The van der Waals surface area contributed by atoms with Gasteiger partial charge in [0.05, 0.1) is 4.90 Å². The molecule has 1 aromatic rings. The van der Waals surface area contributed by atoms with E-state index in [4.69, 9.17) is 0 Å². The Morgan fingerprint density at radius 3 is 2.61 bits per heavy atom. The van der Waals surface area contributed by atoms with Crippen LogP contribution >= 0.6 is 15.9 Å². The van der Waals surface area contributed by atoms with E-state index < -0.39 is 10.0 Å². The quantitative estimate of drug-likeness (QED) is 0.804.